The molecule has 24 heavy (non-hydrogen) atoms. The van der Waals surface area contributed by atoms with Crippen molar-refractivity contribution >= 4 is 11.8 Å². The zero-order chi connectivity index (χ0) is 17.5. The highest BCUT2D eigenvalue weighted by molar-refractivity contribution is 5.86. The van der Waals surface area contributed by atoms with Crippen LogP contribution in [-0.2, 0) is 20.9 Å². The van der Waals surface area contributed by atoms with E-state index in [0.29, 0.717) is 13.1 Å². The topological polar surface area (TPSA) is 67.9 Å². The van der Waals surface area contributed by atoms with E-state index in [4.69, 9.17) is 9.47 Å². The average Bonchev–Trinajstić information content (AvgIpc) is 3.10. The second-order valence-corrected chi connectivity index (χ2v) is 6.05. The molecule has 1 N–H and O–H groups in total. The van der Waals surface area contributed by atoms with Crippen LogP contribution in [0.2, 0.25) is 0 Å². The molecule has 1 aromatic rings. The summed E-state index contributed by atoms with van der Waals surface area (Å²) in [5.74, 6) is 0.468. The summed E-state index contributed by atoms with van der Waals surface area (Å²) in [6, 6.07) is 6.94. The predicted molar refractivity (Wildman–Crippen MR) is 90.7 cm³/mol. The molecule has 2 rings (SSSR count). The first kappa shape index (κ1) is 18.3. The first-order valence-corrected chi connectivity index (χ1v) is 8.30. The zero-order valence-corrected chi connectivity index (χ0v) is 14.6. The molecular formula is C18H26N2O4. The van der Waals surface area contributed by atoms with Gasteiger partial charge in [-0.1, -0.05) is 12.1 Å². The Morgan fingerprint density at radius 3 is 2.62 bits per heavy atom. The van der Waals surface area contributed by atoms with Gasteiger partial charge < -0.3 is 19.7 Å². The highest BCUT2D eigenvalue weighted by Gasteiger charge is 2.25. The Morgan fingerprint density at radius 2 is 2.08 bits per heavy atom. The molecule has 1 fully saturated rings. The fraction of sp³-hybridized carbons (Fsp3) is 0.556. The van der Waals surface area contributed by atoms with Crippen molar-refractivity contribution in [3.05, 3.63) is 29.8 Å². The molecule has 0 radical (unpaired) electrons. The van der Waals surface area contributed by atoms with Gasteiger partial charge in [0.15, 0.2) is 0 Å². The summed E-state index contributed by atoms with van der Waals surface area (Å²) >= 11 is 0. The van der Waals surface area contributed by atoms with E-state index >= 15 is 0 Å². The van der Waals surface area contributed by atoms with Gasteiger partial charge in [-0.25, -0.2) is 0 Å². The van der Waals surface area contributed by atoms with E-state index in [1.54, 1.807) is 18.9 Å². The first-order chi connectivity index (χ1) is 11.5. The fourth-order valence-electron chi connectivity index (χ4n) is 2.76. The second kappa shape index (κ2) is 8.68. The molecule has 6 heteroatoms. The van der Waals surface area contributed by atoms with Gasteiger partial charge in [0.05, 0.1) is 13.2 Å². The van der Waals surface area contributed by atoms with E-state index in [1.807, 2.05) is 24.3 Å². The third-order valence-electron chi connectivity index (χ3n) is 4.29. The van der Waals surface area contributed by atoms with Gasteiger partial charge in [0, 0.05) is 26.6 Å². The molecule has 1 aliphatic heterocycles. The third kappa shape index (κ3) is 4.96. The number of carbonyl (C=O) groups excluding carboxylic acids is 2. The summed E-state index contributed by atoms with van der Waals surface area (Å²) in [5, 5.41) is 2.89. The number of hydrogen-bond acceptors (Lipinski definition) is 4. The Labute approximate surface area is 143 Å². The molecule has 1 aliphatic rings. The smallest absolute Gasteiger partial charge is 0.242 e. The molecular weight excluding hydrogens is 308 g/mol. The molecule has 0 spiro atoms. The molecule has 0 saturated carbocycles. The predicted octanol–water partition coefficient (Wildman–Crippen LogP) is 1.73. The van der Waals surface area contributed by atoms with E-state index in [0.717, 1.165) is 30.8 Å². The third-order valence-corrected chi connectivity index (χ3v) is 4.29. The monoisotopic (exact) mass is 334 g/mol. The Balaban J connectivity index is 1.94. The molecule has 2 amide bonds. The molecule has 2 unspecified atom stereocenters. The van der Waals surface area contributed by atoms with Gasteiger partial charge in [0.1, 0.15) is 11.8 Å². The maximum absolute atomic E-state index is 12.4. The Bertz CT molecular complexity index is 553. The van der Waals surface area contributed by atoms with E-state index in [2.05, 4.69) is 5.32 Å². The quantitative estimate of drug-likeness (QED) is 0.824. The van der Waals surface area contributed by atoms with Crippen molar-refractivity contribution in [1.29, 1.82) is 0 Å². The van der Waals surface area contributed by atoms with Crippen molar-refractivity contribution in [3.8, 4) is 5.75 Å². The van der Waals surface area contributed by atoms with Crippen LogP contribution in [0.5, 0.6) is 5.75 Å². The number of ether oxygens (including phenoxy) is 2. The van der Waals surface area contributed by atoms with Gasteiger partial charge in [0.2, 0.25) is 11.8 Å². The van der Waals surface area contributed by atoms with Gasteiger partial charge in [-0.3, -0.25) is 9.59 Å². The van der Waals surface area contributed by atoms with Crippen LogP contribution in [-0.4, -0.2) is 49.1 Å². The summed E-state index contributed by atoms with van der Waals surface area (Å²) in [6.07, 6.45) is 2.10. The Morgan fingerprint density at radius 1 is 1.38 bits per heavy atom. The number of nitrogens with one attached hydrogen (secondary N) is 1. The highest BCUT2D eigenvalue weighted by atomic mass is 16.5. The summed E-state index contributed by atoms with van der Waals surface area (Å²) in [5.41, 5.74) is 0.949. The largest absolute Gasteiger partial charge is 0.497 e. The molecule has 0 aliphatic carbocycles. The van der Waals surface area contributed by atoms with Gasteiger partial charge >= 0.3 is 0 Å². The van der Waals surface area contributed by atoms with Crippen molar-refractivity contribution in [3.63, 3.8) is 0 Å². The van der Waals surface area contributed by atoms with Gasteiger partial charge in [-0.2, -0.15) is 0 Å². The lowest BCUT2D eigenvalue weighted by Gasteiger charge is -2.28. The van der Waals surface area contributed by atoms with E-state index in [-0.39, 0.29) is 17.9 Å². The van der Waals surface area contributed by atoms with Crippen LogP contribution < -0.4 is 10.1 Å². The maximum atomic E-state index is 12.4. The zero-order valence-electron chi connectivity index (χ0n) is 14.6. The van der Waals surface area contributed by atoms with Crippen molar-refractivity contribution in [2.24, 2.45) is 0 Å². The van der Waals surface area contributed by atoms with E-state index in [1.165, 1.54) is 6.92 Å². The number of amides is 2. The first-order valence-electron chi connectivity index (χ1n) is 8.30. The molecule has 132 valence electrons. The molecule has 2 atom stereocenters. The van der Waals surface area contributed by atoms with E-state index in [9.17, 15) is 9.59 Å². The SMILES string of the molecule is COc1ccc(CN(C(C)=O)C(C)C(=O)NCC2CCCO2)cc1. The van der Waals surface area contributed by atoms with Crippen LogP contribution in [0.15, 0.2) is 24.3 Å². The number of hydrogen-bond donors (Lipinski definition) is 1. The minimum Gasteiger partial charge on any atom is -0.497 e. The van der Waals surface area contributed by atoms with E-state index < -0.39 is 6.04 Å². The molecule has 0 bridgehead atoms. The number of nitrogens with zero attached hydrogens (tertiary/aromatic N) is 1. The molecule has 1 aromatic carbocycles. The van der Waals surface area contributed by atoms with Crippen molar-refractivity contribution in [2.45, 2.75) is 45.4 Å². The molecule has 0 aromatic heterocycles. The summed E-state index contributed by atoms with van der Waals surface area (Å²) in [6.45, 7) is 4.86. The molecule has 1 heterocycles. The molecule has 1 saturated heterocycles. The number of methoxy groups -OCH3 is 1. The van der Waals surface area contributed by atoms with Crippen LogP contribution in [0.4, 0.5) is 0 Å². The van der Waals surface area contributed by atoms with Crippen molar-refractivity contribution in [1.82, 2.24) is 10.2 Å². The standard InChI is InChI=1S/C18H26N2O4/c1-13(18(22)19-11-17-5-4-10-24-17)20(14(2)21)12-15-6-8-16(23-3)9-7-15/h6-9,13,17H,4-5,10-12H2,1-3H3,(H,19,22). The highest BCUT2D eigenvalue weighted by Crippen LogP contribution is 2.15. The molecule has 6 nitrogen and oxygen atoms in total. The Kier molecular flexibility index (Phi) is 6.61. The Hall–Kier alpha value is -2.08. The summed E-state index contributed by atoms with van der Waals surface area (Å²) in [4.78, 5) is 25.9. The van der Waals surface area contributed by atoms with Crippen LogP contribution in [0.25, 0.3) is 0 Å². The fourth-order valence-corrected chi connectivity index (χ4v) is 2.76. The number of carbonyl (C=O) groups is 2. The van der Waals surface area contributed by atoms with Gasteiger partial charge in [0.25, 0.3) is 0 Å². The maximum Gasteiger partial charge on any atom is 0.242 e. The number of benzene rings is 1. The van der Waals surface area contributed by atoms with Crippen LogP contribution >= 0.6 is 0 Å². The van der Waals surface area contributed by atoms with Gasteiger partial charge in [-0.15, -0.1) is 0 Å². The normalized spacial score (nSPS) is 18.0. The minimum absolute atomic E-state index is 0.0912. The lowest BCUT2D eigenvalue weighted by molar-refractivity contribution is -0.139. The van der Waals surface area contributed by atoms with Crippen LogP contribution in [0.1, 0.15) is 32.3 Å². The van der Waals surface area contributed by atoms with Gasteiger partial charge in [-0.05, 0) is 37.5 Å². The van der Waals surface area contributed by atoms with Crippen molar-refractivity contribution in [2.75, 3.05) is 20.3 Å². The lowest BCUT2D eigenvalue weighted by atomic mass is 10.1. The number of rotatable bonds is 7. The summed E-state index contributed by atoms with van der Waals surface area (Å²) in [7, 11) is 1.61. The average molecular weight is 334 g/mol. The van der Waals surface area contributed by atoms with Crippen molar-refractivity contribution < 1.29 is 19.1 Å². The van der Waals surface area contributed by atoms with Crippen LogP contribution in [0, 0.1) is 0 Å². The van der Waals surface area contributed by atoms with Crippen LogP contribution in [0.3, 0.4) is 0 Å². The summed E-state index contributed by atoms with van der Waals surface area (Å²) < 4.78 is 10.6. The lowest BCUT2D eigenvalue weighted by Crippen LogP contribution is -2.48. The second-order valence-electron chi connectivity index (χ2n) is 6.05. The minimum atomic E-state index is -0.536.